The fourth-order valence-corrected chi connectivity index (χ4v) is 4.74. The first kappa shape index (κ1) is 37.6. The summed E-state index contributed by atoms with van der Waals surface area (Å²) >= 11 is 0. The lowest BCUT2D eigenvalue weighted by atomic mass is 10.1. The van der Waals surface area contributed by atoms with Crippen LogP contribution in [-0.4, -0.2) is 34.9 Å². The van der Waals surface area contributed by atoms with Crippen molar-refractivity contribution in [1.82, 2.24) is 5.32 Å². The fraction of sp³-hybridized carbons (Fsp3) is 0.800. The van der Waals surface area contributed by atoms with Gasteiger partial charge in [0.15, 0.2) is 0 Å². The second-order valence-electron chi connectivity index (χ2n) is 11.2. The number of nitrogens with one attached hydrogen (secondary N) is 1. The molecule has 0 spiro atoms. The van der Waals surface area contributed by atoms with E-state index in [9.17, 15) is 15.0 Å². The highest BCUT2D eigenvalue weighted by Gasteiger charge is 2.17. The Labute approximate surface area is 242 Å². The third-order valence-electron chi connectivity index (χ3n) is 7.35. The van der Waals surface area contributed by atoms with Crippen molar-refractivity contribution in [3.05, 3.63) is 36.5 Å². The van der Waals surface area contributed by atoms with Gasteiger partial charge in [-0.1, -0.05) is 147 Å². The number of aliphatic hydroxyl groups excluding tert-OH is 2. The highest BCUT2D eigenvalue weighted by Crippen LogP contribution is 2.11. The molecule has 0 aromatic rings. The van der Waals surface area contributed by atoms with Gasteiger partial charge in [0.1, 0.15) is 0 Å². The van der Waals surface area contributed by atoms with E-state index in [1.165, 1.54) is 103 Å². The van der Waals surface area contributed by atoms with Crippen molar-refractivity contribution in [2.75, 3.05) is 6.61 Å². The zero-order valence-electron chi connectivity index (χ0n) is 25.9. The van der Waals surface area contributed by atoms with E-state index in [1.807, 2.05) is 6.08 Å². The normalized spacial score (nSPS) is 13.6. The van der Waals surface area contributed by atoms with Gasteiger partial charge in [-0.25, -0.2) is 0 Å². The van der Waals surface area contributed by atoms with Crippen molar-refractivity contribution < 1.29 is 15.0 Å². The molecule has 228 valence electrons. The molecule has 0 aromatic carbocycles. The van der Waals surface area contributed by atoms with Gasteiger partial charge in [0.25, 0.3) is 0 Å². The molecule has 0 fully saturated rings. The summed E-state index contributed by atoms with van der Waals surface area (Å²) in [6, 6.07) is -0.638. The molecule has 0 saturated carbocycles. The molecule has 4 nitrogen and oxygen atoms in total. The minimum absolute atomic E-state index is 0.0840. The zero-order chi connectivity index (χ0) is 28.7. The first-order valence-electron chi connectivity index (χ1n) is 16.7. The van der Waals surface area contributed by atoms with Crippen LogP contribution in [0.1, 0.15) is 162 Å². The molecule has 2 atom stereocenters. The molecule has 0 aliphatic heterocycles. The van der Waals surface area contributed by atoms with Crippen LogP contribution in [0.15, 0.2) is 36.5 Å². The number of hydrogen-bond donors (Lipinski definition) is 3. The largest absolute Gasteiger partial charge is 0.394 e. The van der Waals surface area contributed by atoms with Crippen molar-refractivity contribution in [2.45, 2.75) is 174 Å². The van der Waals surface area contributed by atoms with E-state index in [0.29, 0.717) is 6.42 Å². The molecular weight excluding hydrogens is 482 g/mol. The van der Waals surface area contributed by atoms with Gasteiger partial charge in [-0.05, 0) is 44.9 Å². The molecule has 0 aliphatic carbocycles. The molecule has 0 rings (SSSR count). The van der Waals surface area contributed by atoms with Crippen molar-refractivity contribution >= 4 is 5.91 Å². The summed E-state index contributed by atoms with van der Waals surface area (Å²) in [5.41, 5.74) is 0. The summed E-state index contributed by atoms with van der Waals surface area (Å²) in [5, 5.41) is 22.7. The van der Waals surface area contributed by atoms with E-state index in [-0.39, 0.29) is 12.5 Å². The molecule has 0 saturated heterocycles. The highest BCUT2D eigenvalue weighted by atomic mass is 16.3. The number of unbranched alkanes of at least 4 members (excludes halogenated alkanes) is 18. The zero-order valence-corrected chi connectivity index (χ0v) is 25.9. The van der Waals surface area contributed by atoms with Crippen LogP contribution in [0.2, 0.25) is 0 Å². The van der Waals surface area contributed by atoms with Gasteiger partial charge < -0.3 is 15.5 Å². The van der Waals surface area contributed by atoms with Gasteiger partial charge in [0.2, 0.25) is 5.91 Å². The second kappa shape index (κ2) is 31.1. The van der Waals surface area contributed by atoms with Gasteiger partial charge >= 0.3 is 0 Å². The summed E-state index contributed by atoms with van der Waals surface area (Å²) in [6.45, 7) is 4.24. The smallest absolute Gasteiger partial charge is 0.220 e. The molecular formula is C35H65NO3. The maximum Gasteiger partial charge on any atom is 0.220 e. The van der Waals surface area contributed by atoms with Crippen LogP contribution in [0.5, 0.6) is 0 Å². The Morgan fingerprint density at radius 1 is 0.590 bits per heavy atom. The van der Waals surface area contributed by atoms with E-state index in [4.69, 9.17) is 0 Å². The second-order valence-corrected chi connectivity index (χ2v) is 11.2. The molecule has 0 heterocycles. The van der Waals surface area contributed by atoms with Crippen LogP contribution in [0.25, 0.3) is 0 Å². The maximum atomic E-state index is 12.2. The Morgan fingerprint density at radius 3 is 1.49 bits per heavy atom. The molecule has 0 aromatic heterocycles. The van der Waals surface area contributed by atoms with Gasteiger partial charge in [0, 0.05) is 6.42 Å². The predicted octanol–water partition coefficient (Wildman–Crippen LogP) is 9.51. The number of rotatable bonds is 29. The Balaban J connectivity index is 3.74. The lowest BCUT2D eigenvalue weighted by molar-refractivity contribution is -0.123. The van der Waals surface area contributed by atoms with Crippen molar-refractivity contribution in [3.63, 3.8) is 0 Å². The van der Waals surface area contributed by atoms with E-state index in [1.54, 1.807) is 6.08 Å². The van der Waals surface area contributed by atoms with Crippen LogP contribution in [-0.2, 0) is 4.79 Å². The molecule has 39 heavy (non-hydrogen) atoms. The first-order chi connectivity index (χ1) is 19.2. The quantitative estimate of drug-likeness (QED) is 0.0645. The lowest BCUT2D eigenvalue weighted by Crippen LogP contribution is -2.45. The van der Waals surface area contributed by atoms with E-state index >= 15 is 0 Å². The van der Waals surface area contributed by atoms with Crippen molar-refractivity contribution in [1.29, 1.82) is 0 Å². The van der Waals surface area contributed by atoms with Crippen LogP contribution in [0, 0.1) is 0 Å². The maximum absolute atomic E-state index is 12.2. The summed E-state index contributed by atoms with van der Waals surface area (Å²) in [7, 11) is 0. The van der Waals surface area contributed by atoms with E-state index in [0.717, 1.165) is 38.5 Å². The number of amides is 1. The van der Waals surface area contributed by atoms with Crippen LogP contribution < -0.4 is 5.32 Å². The first-order valence-corrected chi connectivity index (χ1v) is 16.7. The molecule has 2 unspecified atom stereocenters. The number of carbonyl (C=O) groups excluding carboxylic acids is 1. The van der Waals surface area contributed by atoms with Gasteiger partial charge in [0.05, 0.1) is 18.8 Å². The Morgan fingerprint density at radius 2 is 1.00 bits per heavy atom. The van der Waals surface area contributed by atoms with Gasteiger partial charge in [-0.15, -0.1) is 0 Å². The average molecular weight is 548 g/mol. The molecule has 4 heteroatoms. The number of aliphatic hydroxyl groups is 2. The summed E-state index contributed by atoms with van der Waals surface area (Å²) in [6.07, 6.45) is 39.4. The molecule has 0 radical (unpaired) electrons. The monoisotopic (exact) mass is 547 g/mol. The minimum atomic E-state index is -0.864. The van der Waals surface area contributed by atoms with Crippen LogP contribution in [0.3, 0.4) is 0 Å². The molecule has 0 aliphatic rings. The molecule has 3 N–H and O–H groups in total. The minimum Gasteiger partial charge on any atom is -0.394 e. The third kappa shape index (κ3) is 28.0. The predicted molar refractivity (Wildman–Crippen MR) is 170 cm³/mol. The van der Waals surface area contributed by atoms with E-state index < -0.39 is 12.1 Å². The fourth-order valence-electron chi connectivity index (χ4n) is 4.74. The SMILES string of the molecule is CCCCCCCCCC/C=C/CC/C=C/CC/C=C/C(O)C(CO)NC(=O)CCCCCCCCCCC. The molecule has 0 bridgehead atoms. The Hall–Kier alpha value is -1.39. The lowest BCUT2D eigenvalue weighted by Gasteiger charge is -2.19. The van der Waals surface area contributed by atoms with Crippen LogP contribution >= 0.6 is 0 Å². The average Bonchev–Trinajstić information content (AvgIpc) is 2.94. The van der Waals surface area contributed by atoms with Gasteiger partial charge in [-0.3, -0.25) is 4.79 Å². The van der Waals surface area contributed by atoms with E-state index in [2.05, 4.69) is 43.5 Å². The standard InChI is InChI=1S/C35H65NO3/c1-3-5-7-9-11-13-14-15-16-17-18-19-20-21-23-24-26-28-30-34(38)33(32-37)36-35(39)31-29-27-25-22-12-10-8-6-4-2/h17-18,21,23,28,30,33-34,37-38H,3-16,19-20,22,24-27,29,31-32H2,1-2H3,(H,36,39)/b18-17+,23-21+,30-28+. The van der Waals surface area contributed by atoms with Crippen molar-refractivity contribution in [2.24, 2.45) is 0 Å². The number of hydrogen-bond acceptors (Lipinski definition) is 3. The topological polar surface area (TPSA) is 69.6 Å². The summed E-state index contributed by atoms with van der Waals surface area (Å²) in [4.78, 5) is 12.2. The third-order valence-corrected chi connectivity index (χ3v) is 7.35. The summed E-state index contributed by atoms with van der Waals surface area (Å²) in [5.74, 6) is -0.0840. The number of allylic oxidation sites excluding steroid dienone is 5. The van der Waals surface area contributed by atoms with Crippen LogP contribution in [0.4, 0.5) is 0 Å². The Bertz CT molecular complexity index is 599. The highest BCUT2D eigenvalue weighted by molar-refractivity contribution is 5.76. The number of carbonyl (C=O) groups is 1. The van der Waals surface area contributed by atoms with Crippen molar-refractivity contribution in [3.8, 4) is 0 Å². The Kier molecular flexibility index (Phi) is 30.0. The molecule has 1 amide bonds. The van der Waals surface area contributed by atoms with Gasteiger partial charge in [-0.2, -0.15) is 0 Å². The summed E-state index contributed by atoms with van der Waals surface area (Å²) < 4.78 is 0.